The van der Waals surface area contributed by atoms with E-state index in [1.54, 1.807) is 24.1 Å². The standard InChI is InChI=1S/C15H14N4O2/c1-19(10-12-7-8-21-18-12)15(20)14-9-13(16-17-14)11-5-3-2-4-6-11/h2-9H,10H2,1H3,(H,16,17). The van der Waals surface area contributed by atoms with Gasteiger partial charge < -0.3 is 9.42 Å². The van der Waals surface area contributed by atoms with Gasteiger partial charge in [0.2, 0.25) is 0 Å². The number of benzene rings is 1. The van der Waals surface area contributed by atoms with Crippen LogP contribution < -0.4 is 0 Å². The zero-order chi connectivity index (χ0) is 14.7. The first kappa shape index (κ1) is 13.1. The van der Waals surface area contributed by atoms with Gasteiger partial charge in [-0.25, -0.2) is 0 Å². The fraction of sp³-hybridized carbons (Fsp3) is 0.133. The molecule has 0 saturated carbocycles. The number of H-pyrrole nitrogens is 1. The number of aromatic amines is 1. The zero-order valence-electron chi connectivity index (χ0n) is 11.5. The molecule has 3 rings (SSSR count). The number of carbonyl (C=O) groups is 1. The highest BCUT2D eigenvalue weighted by atomic mass is 16.5. The van der Waals surface area contributed by atoms with Crippen LogP contribution >= 0.6 is 0 Å². The third-order valence-electron chi connectivity index (χ3n) is 3.11. The Hall–Kier alpha value is -2.89. The topological polar surface area (TPSA) is 75.0 Å². The maximum absolute atomic E-state index is 12.3. The minimum absolute atomic E-state index is 0.146. The van der Waals surface area contributed by atoms with Crippen molar-refractivity contribution in [2.45, 2.75) is 6.54 Å². The normalized spacial score (nSPS) is 10.5. The quantitative estimate of drug-likeness (QED) is 0.797. The minimum atomic E-state index is -0.146. The Bertz CT molecular complexity index is 719. The highest BCUT2D eigenvalue weighted by molar-refractivity contribution is 5.93. The van der Waals surface area contributed by atoms with E-state index in [9.17, 15) is 4.79 Å². The van der Waals surface area contributed by atoms with Crippen LogP contribution in [0.5, 0.6) is 0 Å². The van der Waals surface area contributed by atoms with E-state index in [-0.39, 0.29) is 5.91 Å². The van der Waals surface area contributed by atoms with Gasteiger partial charge in [0.15, 0.2) is 0 Å². The van der Waals surface area contributed by atoms with Gasteiger partial charge >= 0.3 is 0 Å². The summed E-state index contributed by atoms with van der Waals surface area (Å²) in [5.41, 5.74) is 2.86. The van der Waals surface area contributed by atoms with E-state index < -0.39 is 0 Å². The van der Waals surface area contributed by atoms with E-state index in [0.29, 0.717) is 17.9 Å². The van der Waals surface area contributed by atoms with Crippen LogP contribution in [0.2, 0.25) is 0 Å². The summed E-state index contributed by atoms with van der Waals surface area (Å²) in [6.45, 7) is 0.384. The molecule has 1 N–H and O–H groups in total. The van der Waals surface area contributed by atoms with Crippen LogP contribution in [0.15, 0.2) is 53.3 Å². The molecule has 0 aliphatic carbocycles. The number of hydrogen-bond donors (Lipinski definition) is 1. The van der Waals surface area contributed by atoms with Crippen LogP contribution in [0.25, 0.3) is 11.3 Å². The van der Waals surface area contributed by atoms with Gasteiger partial charge in [0.1, 0.15) is 17.7 Å². The maximum atomic E-state index is 12.3. The Kier molecular flexibility index (Phi) is 3.51. The monoisotopic (exact) mass is 282 g/mol. The molecule has 2 aromatic heterocycles. The average Bonchev–Trinajstić information content (AvgIpc) is 3.18. The predicted octanol–water partition coefficient (Wildman–Crippen LogP) is 2.34. The molecule has 0 aliphatic rings. The lowest BCUT2D eigenvalue weighted by Gasteiger charge is -2.13. The second kappa shape index (κ2) is 5.62. The molecule has 21 heavy (non-hydrogen) atoms. The van der Waals surface area contributed by atoms with Crippen LogP contribution in [0.4, 0.5) is 0 Å². The van der Waals surface area contributed by atoms with E-state index in [2.05, 4.69) is 15.4 Å². The summed E-state index contributed by atoms with van der Waals surface area (Å²) in [4.78, 5) is 13.9. The molecule has 2 heterocycles. The Morgan fingerprint density at radius 1 is 1.29 bits per heavy atom. The Morgan fingerprint density at radius 2 is 2.10 bits per heavy atom. The van der Waals surface area contributed by atoms with Crippen LogP contribution in [0, 0.1) is 0 Å². The number of rotatable bonds is 4. The lowest BCUT2D eigenvalue weighted by Crippen LogP contribution is -2.26. The maximum Gasteiger partial charge on any atom is 0.271 e. The van der Waals surface area contributed by atoms with Gasteiger partial charge in [-0.2, -0.15) is 5.10 Å². The molecule has 0 aliphatic heterocycles. The molecule has 6 nitrogen and oxygen atoms in total. The number of amides is 1. The first-order valence-corrected chi connectivity index (χ1v) is 6.49. The summed E-state index contributed by atoms with van der Waals surface area (Å²) >= 11 is 0. The van der Waals surface area contributed by atoms with Crippen LogP contribution in [-0.4, -0.2) is 33.2 Å². The number of carbonyl (C=O) groups excluding carboxylic acids is 1. The van der Waals surface area contributed by atoms with E-state index in [1.807, 2.05) is 30.3 Å². The molecule has 1 aromatic carbocycles. The lowest BCUT2D eigenvalue weighted by molar-refractivity contribution is 0.0776. The highest BCUT2D eigenvalue weighted by Crippen LogP contribution is 2.17. The molecule has 0 atom stereocenters. The summed E-state index contributed by atoms with van der Waals surface area (Å²) in [7, 11) is 1.71. The number of nitrogens with zero attached hydrogens (tertiary/aromatic N) is 3. The smallest absolute Gasteiger partial charge is 0.271 e. The molecule has 3 aromatic rings. The third kappa shape index (κ3) is 2.84. The summed E-state index contributed by atoms with van der Waals surface area (Å²) in [5, 5.41) is 10.8. The van der Waals surface area contributed by atoms with Crippen molar-refractivity contribution in [3.05, 3.63) is 60.1 Å². The predicted molar refractivity (Wildman–Crippen MR) is 76.3 cm³/mol. The van der Waals surface area contributed by atoms with Crippen LogP contribution in [-0.2, 0) is 6.54 Å². The molecule has 0 unspecified atom stereocenters. The van der Waals surface area contributed by atoms with Gasteiger partial charge in [0.05, 0.1) is 12.2 Å². The van der Waals surface area contributed by atoms with E-state index in [4.69, 9.17) is 4.52 Å². The minimum Gasteiger partial charge on any atom is -0.364 e. The first-order chi connectivity index (χ1) is 10.2. The molecule has 0 radical (unpaired) electrons. The average molecular weight is 282 g/mol. The van der Waals surface area contributed by atoms with Gasteiger partial charge in [-0.3, -0.25) is 9.89 Å². The molecule has 0 bridgehead atoms. The molecule has 0 saturated heterocycles. The largest absolute Gasteiger partial charge is 0.364 e. The summed E-state index contributed by atoms with van der Waals surface area (Å²) in [5.74, 6) is -0.146. The highest BCUT2D eigenvalue weighted by Gasteiger charge is 2.16. The molecule has 1 amide bonds. The SMILES string of the molecule is CN(Cc1ccon1)C(=O)c1cc(-c2ccccc2)n[nH]1. The van der Waals surface area contributed by atoms with Crippen LogP contribution in [0.3, 0.4) is 0 Å². The zero-order valence-corrected chi connectivity index (χ0v) is 11.5. The summed E-state index contributed by atoms with van der Waals surface area (Å²) in [6, 6.07) is 13.2. The van der Waals surface area contributed by atoms with Crippen molar-refractivity contribution in [2.24, 2.45) is 0 Å². The molecule has 0 spiro atoms. The number of nitrogens with one attached hydrogen (secondary N) is 1. The molecular weight excluding hydrogens is 268 g/mol. The summed E-state index contributed by atoms with van der Waals surface area (Å²) < 4.78 is 4.75. The first-order valence-electron chi connectivity index (χ1n) is 6.49. The number of hydrogen-bond acceptors (Lipinski definition) is 4. The van der Waals surface area contributed by atoms with Gasteiger partial charge in [0.25, 0.3) is 5.91 Å². The summed E-state index contributed by atoms with van der Waals surface area (Å²) in [6.07, 6.45) is 1.48. The molecule has 6 heteroatoms. The van der Waals surface area contributed by atoms with Crippen molar-refractivity contribution < 1.29 is 9.32 Å². The fourth-order valence-corrected chi connectivity index (χ4v) is 2.03. The Morgan fingerprint density at radius 3 is 2.81 bits per heavy atom. The van der Waals surface area contributed by atoms with Crippen molar-refractivity contribution in [3.8, 4) is 11.3 Å². The van der Waals surface area contributed by atoms with Crippen LogP contribution in [0.1, 0.15) is 16.2 Å². The van der Waals surface area contributed by atoms with Crippen molar-refractivity contribution in [1.82, 2.24) is 20.3 Å². The molecule has 0 fully saturated rings. The van der Waals surface area contributed by atoms with Gasteiger partial charge in [0, 0.05) is 18.7 Å². The van der Waals surface area contributed by atoms with Crippen molar-refractivity contribution in [2.75, 3.05) is 7.05 Å². The molecular formula is C15H14N4O2. The second-order valence-corrected chi connectivity index (χ2v) is 4.68. The number of aromatic nitrogens is 3. The van der Waals surface area contributed by atoms with Crippen molar-refractivity contribution in [1.29, 1.82) is 0 Å². The Labute approximate surface area is 121 Å². The van der Waals surface area contributed by atoms with Crippen molar-refractivity contribution in [3.63, 3.8) is 0 Å². The lowest BCUT2D eigenvalue weighted by atomic mass is 10.1. The van der Waals surface area contributed by atoms with E-state index in [1.165, 1.54) is 6.26 Å². The fourth-order valence-electron chi connectivity index (χ4n) is 2.03. The van der Waals surface area contributed by atoms with Gasteiger partial charge in [-0.15, -0.1) is 0 Å². The van der Waals surface area contributed by atoms with E-state index in [0.717, 1.165) is 11.3 Å². The van der Waals surface area contributed by atoms with Gasteiger partial charge in [-0.05, 0) is 6.07 Å². The Balaban J connectivity index is 1.75. The van der Waals surface area contributed by atoms with Gasteiger partial charge in [-0.1, -0.05) is 35.5 Å². The third-order valence-corrected chi connectivity index (χ3v) is 3.11. The van der Waals surface area contributed by atoms with E-state index >= 15 is 0 Å². The molecule has 106 valence electrons. The second-order valence-electron chi connectivity index (χ2n) is 4.68. The van der Waals surface area contributed by atoms with Crippen molar-refractivity contribution >= 4 is 5.91 Å².